The summed E-state index contributed by atoms with van der Waals surface area (Å²) in [5.41, 5.74) is 1.19. The minimum absolute atomic E-state index is 0.123. The Balaban J connectivity index is 2.01. The zero-order valence-electron chi connectivity index (χ0n) is 14.4. The molecule has 1 fully saturated rings. The van der Waals surface area contributed by atoms with Crippen LogP contribution in [0.4, 0.5) is 0 Å². The fourth-order valence-electron chi connectivity index (χ4n) is 2.84. The summed E-state index contributed by atoms with van der Waals surface area (Å²) in [4.78, 5) is 27.4. The third-order valence-electron chi connectivity index (χ3n) is 4.39. The molecule has 1 amide bonds. The molecule has 1 aromatic rings. The number of nitrogens with zero attached hydrogens (tertiary/aromatic N) is 2. The predicted molar refractivity (Wildman–Crippen MR) is 90.6 cm³/mol. The van der Waals surface area contributed by atoms with E-state index in [0.29, 0.717) is 19.6 Å². The van der Waals surface area contributed by atoms with Crippen molar-refractivity contribution in [3.05, 3.63) is 35.9 Å². The molecule has 1 heterocycles. The van der Waals surface area contributed by atoms with E-state index >= 15 is 0 Å². The highest BCUT2D eigenvalue weighted by Crippen LogP contribution is 2.14. The second-order valence-electron chi connectivity index (χ2n) is 6.20. The van der Waals surface area contributed by atoms with Crippen molar-refractivity contribution >= 4 is 11.9 Å². The summed E-state index contributed by atoms with van der Waals surface area (Å²) in [5, 5.41) is 9.08. The van der Waals surface area contributed by atoms with Crippen molar-refractivity contribution in [2.24, 2.45) is 0 Å². The number of aliphatic carboxylic acids is 1. The van der Waals surface area contributed by atoms with Gasteiger partial charge in [-0.2, -0.15) is 0 Å². The lowest BCUT2D eigenvalue weighted by atomic mass is 10.1. The molecule has 132 valence electrons. The van der Waals surface area contributed by atoms with Crippen LogP contribution in [0.1, 0.15) is 25.8 Å². The summed E-state index contributed by atoms with van der Waals surface area (Å²) in [6.45, 7) is 6.01. The molecule has 6 nitrogen and oxygen atoms in total. The first kappa shape index (κ1) is 18.4. The van der Waals surface area contributed by atoms with Crippen LogP contribution in [-0.4, -0.2) is 65.2 Å². The van der Waals surface area contributed by atoms with Gasteiger partial charge in [-0.05, 0) is 18.9 Å². The highest BCUT2D eigenvalue weighted by molar-refractivity contribution is 5.85. The number of carbonyl (C=O) groups is 2. The van der Waals surface area contributed by atoms with E-state index in [0.717, 1.165) is 13.1 Å². The van der Waals surface area contributed by atoms with Crippen LogP contribution in [-0.2, 0) is 20.9 Å². The molecule has 0 aromatic heterocycles. The van der Waals surface area contributed by atoms with Crippen LogP contribution in [0.3, 0.4) is 0 Å². The number of ether oxygens (including phenoxy) is 1. The normalized spacial score (nSPS) is 19.7. The molecule has 2 unspecified atom stereocenters. The van der Waals surface area contributed by atoms with Crippen LogP contribution in [0.2, 0.25) is 0 Å². The highest BCUT2D eigenvalue weighted by Gasteiger charge is 2.32. The van der Waals surface area contributed by atoms with Crippen molar-refractivity contribution in [2.75, 3.05) is 26.2 Å². The Morgan fingerprint density at radius 3 is 2.71 bits per heavy atom. The van der Waals surface area contributed by atoms with Crippen molar-refractivity contribution in [3.63, 3.8) is 0 Å². The van der Waals surface area contributed by atoms with E-state index in [9.17, 15) is 9.59 Å². The molecule has 1 aromatic carbocycles. The lowest BCUT2D eigenvalue weighted by Crippen LogP contribution is -2.53. The molecular formula is C18H26N2O4. The van der Waals surface area contributed by atoms with Gasteiger partial charge in [-0.3, -0.25) is 14.5 Å². The first-order valence-corrected chi connectivity index (χ1v) is 8.41. The van der Waals surface area contributed by atoms with Crippen molar-refractivity contribution in [3.8, 4) is 0 Å². The number of morpholine rings is 1. The fraction of sp³-hybridized carbons (Fsp3) is 0.556. The standard InChI is InChI=1S/C18H26N2O4/c1-3-14(2)20(13-17(21)22)18(23)16-12-19(9-10-24-16)11-15-7-5-4-6-8-15/h4-8,14,16H,3,9-13H2,1-2H3,(H,21,22). The van der Waals surface area contributed by atoms with Gasteiger partial charge in [0.1, 0.15) is 12.6 Å². The number of amides is 1. The lowest BCUT2D eigenvalue weighted by Gasteiger charge is -2.36. The van der Waals surface area contributed by atoms with E-state index in [-0.39, 0.29) is 18.5 Å². The molecule has 1 saturated heterocycles. The molecule has 0 saturated carbocycles. The monoisotopic (exact) mass is 334 g/mol. The van der Waals surface area contributed by atoms with Crippen molar-refractivity contribution < 1.29 is 19.4 Å². The van der Waals surface area contributed by atoms with E-state index in [2.05, 4.69) is 17.0 Å². The molecule has 2 rings (SSSR count). The summed E-state index contributed by atoms with van der Waals surface area (Å²) in [6, 6.07) is 9.96. The maximum Gasteiger partial charge on any atom is 0.323 e. The summed E-state index contributed by atoms with van der Waals surface area (Å²) >= 11 is 0. The Labute approximate surface area is 143 Å². The first-order valence-electron chi connectivity index (χ1n) is 8.41. The molecule has 0 aliphatic carbocycles. The topological polar surface area (TPSA) is 70.1 Å². The van der Waals surface area contributed by atoms with Gasteiger partial charge in [0.15, 0.2) is 0 Å². The van der Waals surface area contributed by atoms with Crippen LogP contribution in [0.15, 0.2) is 30.3 Å². The van der Waals surface area contributed by atoms with Gasteiger partial charge in [-0.25, -0.2) is 0 Å². The Hall–Kier alpha value is -1.92. The molecule has 1 N–H and O–H groups in total. The molecule has 0 spiro atoms. The number of hydrogen-bond acceptors (Lipinski definition) is 4. The van der Waals surface area contributed by atoms with Gasteiger partial charge in [0.25, 0.3) is 5.91 Å². The van der Waals surface area contributed by atoms with E-state index in [1.165, 1.54) is 10.5 Å². The molecule has 0 radical (unpaired) electrons. The van der Waals surface area contributed by atoms with Crippen LogP contribution >= 0.6 is 0 Å². The van der Waals surface area contributed by atoms with Crippen LogP contribution in [0.25, 0.3) is 0 Å². The molecule has 1 aliphatic rings. The quantitative estimate of drug-likeness (QED) is 0.820. The second-order valence-corrected chi connectivity index (χ2v) is 6.20. The Kier molecular flexibility index (Phi) is 6.75. The number of carboxylic acid groups (broad SMARTS) is 1. The molecule has 6 heteroatoms. The van der Waals surface area contributed by atoms with Crippen LogP contribution in [0, 0.1) is 0 Å². The maximum absolute atomic E-state index is 12.7. The van der Waals surface area contributed by atoms with E-state index in [1.807, 2.05) is 32.0 Å². The van der Waals surface area contributed by atoms with E-state index in [1.54, 1.807) is 0 Å². The Morgan fingerprint density at radius 1 is 1.38 bits per heavy atom. The second kappa shape index (κ2) is 8.80. The number of rotatable bonds is 7. The molecule has 1 aliphatic heterocycles. The summed E-state index contributed by atoms with van der Waals surface area (Å²) < 4.78 is 5.64. The van der Waals surface area contributed by atoms with Crippen molar-refractivity contribution in [1.29, 1.82) is 0 Å². The SMILES string of the molecule is CCC(C)N(CC(=O)O)C(=O)C1CN(Cc2ccccc2)CCO1. The molecule has 2 atom stereocenters. The van der Waals surface area contributed by atoms with Gasteiger partial charge in [-0.15, -0.1) is 0 Å². The molecule has 24 heavy (non-hydrogen) atoms. The van der Waals surface area contributed by atoms with Crippen molar-refractivity contribution in [1.82, 2.24) is 9.80 Å². The number of carbonyl (C=O) groups excluding carboxylic acids is 1. The van der Waals surface area contributed by atoms with E-state index in [4.69, 9.17) is 9.84 Å². The maximum atomic E-state index is 12.7. The summed E-state index contributed by atoms with van der Waals surface area (Å²) in [6.07, 6.45) is 0.107. The molecule has 0 bridgehead atoms. The van der Waals surface area contributed by atoms with Gasteiger partial charge in [0.2, 0.25) is 0 Å². The van der Waals surface area contributed by atoms with Gasteiger partial charge < -0.3 is 14.7 Å². The smallest absolute Gasteiger partial charge is 0.323 e. The Bertz CT molecular complexity index is 549. The van der Waals surface area contributed by atoms with Gasteiger partial charge >= 0.3 is 5.97 Å². The average molecular weight is 334 g/mol. The first-order chi connectivity index (χ1) is 11.5. The van der Waals surface area contributed by atoms with E-state index < -0.39 is 12.1 Å². The predicted octanol–water partition coefficient (Wildman–Crippen LogP) is 1.60. The average Bonchev–Trinajstić information content (AvgIpc) is 2.59. The van der Waals surface area contributed by atoms with Gasteiger partial charge in [0, 0.05) is 25.7 Å². The number of benzene rings is 1. The lowest BCUT2D eigenvalue weighted by molar-refractivity contribution is -0.157. The number of carboxylic acids is 1. The number of hydrogen-bond donors (Lipinski definition) is 1. The third kappa shape index (κ3) is 5.04. The summed E-state index contributed by atoms with van der Waals surface area (Å²) in [7, 11) is 0. The highest BCUT2D eigenvalue weighted by atomic mass is 16.5. The zero-order valence-corrected chi connectivity index (χ0v) is 14.4. The van der Waals surface area contributed by atoms with Gasteiger partial charge in [-0.1, -0.05) is 37.3 Å². The minimum atomic E-state index is -0.999. The van der Waals surface area contributed by atoms with Crippen LogP contribution in [0.5, 0.6) is 0 Å². The summed E-state index contributed by atoms with van der Waals surface area (Å²) in [5.74, 6) is -1.23. The fourth-order valence-corrected chi connectivity index (χ4v) is 2.84. The molecular weight excluding hydrogens is 308 g/mol. The van der Waals surface area contributed by atoms with Crippen molar-refractivity contribution in [2.45, 2.75) is 39.0 Å². The third-order valence-corrected chi connectivity index (χ3v) is 4.39. The van der Waals surface area contributed by atoms with Crippen LogP contribution < -0.4 is 0 Å². The largest absolute Gasteiger partial charge is 0.480 e. The zero-order chi connectivity index (χ0) is 17.5. The minimum Gasteiger partial charge on any atom is -0.480 e. The van der Waals surface area contributed by atoms with Gasteiger partial charge in [0.05, 0.1) is 6.61 Å². The Morgan fingerprint density at radius 2 is 2.08 bits per heavy atom.